The lowest BCUT2D eigenvalue weighted by molar-refractivity contribution is -0.127. The summed E-state index contributed by atoms with van der Waals surface area (Å²) in [5.41, 5.74) is 1.31. The van der Waals surface area contributed by atoms with Gasteiger partial charge in [-0.3, -0.25) is 4.79 Å². The number of methoxy groups -OCH3 is 1. The van der Waals surface area contributed by atoms with E-state index in [1.54, 1.807) is 54.5 Å². The molecule has 0 fully saturated rings. The number of hydrogen-bond donors (Lipinski definition) is 2. The molecule has 1 aliphatic rings. The molecule has 1 heterocycles. The molecule has 0 radical (unpaired) electrons. The van der Waals surface area contributed by atoms with E-state index in [-0.39, 0.29) is 18.5 Å². The van der Waals surface area contributed by atoms with Crippen LogP contribution < -0.4 is 25.0 Å². The average molecular weight is 383 g/mol. The number of rotatable bonds is 4. The highest BCUT2D eigenvalue weighted by molar-refractivity contribution is 6.02. The van der Waals surface area contributed by atoms with E-state index in [0.717, 1.165) is 0 Å². The van der Waals surface area contributed by atoms with E-state index in [9.17, 15) is 9.59 Å². The summed E-state index contributed by atoms with van der Waals surface area (Å²) >= 11 is 0. The van der Waals surface area contributed by atoms with E-state index in [1.807, 2.05) is 20.8 Å². The van der Waals surface area contributed by atoms with Crippen LogP contribution in [-0.4, -0.2) is 32.2 Å². The Morgan fingerprint density at radius 2 is 1.79 bits per heavy atom. The van der Waals surface area contributed by atoms with E-state index < -0.39 is 5.41 Å². The van der Waals surface area contributed by atoms with Crippen molar-refractivity contribution in [1.29, 1.82) is 0 Å². The summed E-state index contributed by atoms with van der Waals surface area (Å²) in [6, 6.07) is 12.0. The van der Waals surface area contributed by atoms with Crippen LogP contribution in [0.15, 0.2) is 42.5 Å². The maximum atomic E-state index is 12.7. The van der Waals surface area contributed by atoms with Gasteiger partial charge in [0, 0.05) is 24.0 Å². The zero-order valence-electron chi connectivity index (χ0n) is 16.5. The molecular weight excluding hydrogens is 358 g/mol. The molecule has 0 aliphatic carbocycles. The van der Waals surface area contributed by atoms with Gasteiger partial charge in [-0.1, -0.05) is 0 Å². The Kier molecular flexibility index (Phi) is 5.44. The molecule has 148 valence electrons. The highest BCUT2D eigenvalue weighted by Gasteiger charge is 2.37. The molecule has 7 nitrogen and oxygen atoms in total. The molecule has 2 N–H and O–H groups in total. The number of hydrogen-bond acceptors (Lipinski definition) is 4. The summed E-state index contributed by atoms with van der Waals surface area (Å²) in [4.78, 5) is 26.7. The summed E-state index contributed by atoms with van der Waals surface area (Å²) in [6.07, 6.45) is 0. The molecule has 0 saturated carbocycles. The van der Waals surface area contributed by atoms with E-state index >= 15 is 0 Å². The Balaban J connectivity index is 1.75. The van der Waals surface area contributed by atoms with Gasteiger partial charge in [0.2, 0.25) is 5.91 Å². The number of nitrogens with zero attached hydrogens (tertiary/aromatic N) is 1. The number of anilines is 3. The van der Waals surface area contributed by atoms with Crippen LogP contribution in [0, 0.1) is 5.41 Å². The number of urea groups is 1. The second-order valence-electron chi connectivity index (χ2n) is 7.21. The Morgan fingerprint density at radius 1 is 1.14 bits per heavy atom. The first-order valence-corrected chi connectivity index (χ1v) is 9.15. The Bertz CT molecular complexity index is 878. The molecule has 3 rings (SSSR count). The lowest BCUT2D eigenvalue weighted by atomic mass is 9.93. The smallest absolute Gasteiger partial charge is 0.323 e. The second kappa shape index (κ2) is 7.80. The largest absolute Gasteiger partial charge is 0.497 e. The van der Waals surface area contributed by atoms with Gasteiger partial charge < -0.3 is 25.0 Å². The maximum absolute atomic E-state index is 12.7. The standard InChI is InChI=1S/C21H25N3O4/c1-5-24-17-11-8-15(12-18(17)28-13-21(2,3)19(24)25)23-20(26)22-14-6-9-16(27-4)10-7-14/h6-12H,5,13H2,1-4H3,(H2,22,23,26). The summed E-state index contributed by atoms with van der Waals surface area (Å²) in [7, 11) is 1.59. The summed E-state index contributed by atoms with van der Waals surface area (Å²) in [5.74, 6) is 1.31. The number of benzene rings is 2. The zero-order valence-corrected chi connectivity index (χ0v) is 16.5. The first kappa shape index (κ1) is 19.5. The molecular formula is C21H25N3O4. The number of ether oxygens (including phenoxy) is 2. The van der Waals surface area contributed by atoms with Gasteiger partial charge in [0.25, 0.3) is 0 Å². The van der Waals surface area contributed by atoms with Crippen molar-refractivity contribution < 1.29 is 19.1 Å². The number of carbonyl (C=O) groups is 2. The molecule has 0 spiro atoms. The molecule has 28 heavy (non-hydrogen) atoms. The Hall–Kier alpha value is -3.22. The van der Waals surface area contributed by atoms with Crippen LogP contribution in [0.4, 0.5) is 21.9 Å². The quantitative estimate of drug-likeness (QED) is 0.833. The second-order valence-corrected chi connectivity index (χ2v) is 7.21. The lowest BCUT2D eigenvalue weighted by Gasteiger charge is -2.26. The Labute approximate surface area is 164 Å². The van der Waals surface area contributed by atoms with E-state index in [4.69, 9.17) is 9.47 Å². The normalized spacial score (nSPS) is 15.1. The Morgan fingerprint density at radius 3 is 2.43 bits per heavy atom. The van der Waals surface area contributed by atoms with Crippen molar-refractivity contribution in [3.63, 3.8) is 0 Å². The fraction of sp³-hybridized carbons (Fsp3) is 0.333. The SMILES string of the molecule is CCN1C(=O)C(C)(C)COc2cc(NC(=O)Nc3ccc(OC)cc3)ccc21. The number of carbonyl (C=O) groups excluding carboxylic acids is 2. The maximum Gasteiger partial charge on any atom is 0.323 e. The number of fused-ring (bicyclic) bond motifs is 1. The predicted molar refractivity (Wildman–Crippen MR) is 109 cm³/mol. The van der Waals surface area contributed by atoms with Gasteiger partial charge in [-0.15, -0.1) is 0 Å². The van der Waals surface area contributed by atoms with Crippen LogP contribution in [0.5, 0.6) is 11.5 Å². The highest BCUT2D eigenvalue weighted by Crippen LogP contribution is 2.38. The monoisotopic (exact) mass is 383 g/mol. The fourth-order valence-electron chi connectivity index (χ4n) is 3.01. The molecule has 2 aromatic carbocycles. The molecule has 3 amide bonds. The lowest BCUT2D eigenvalue weighted by Crippen LogP contribution is -2.42. The minimum absolute atomic E-state index is 0.0201. The molecule has 0 atom stereocenters. The van der Waals surface area contributed by atoms with Gasteiger partial charge in [0.1, 0.15) is 18.1 Å². The fourth-order valence-corrected chi connectivity index (χ4v) is 3.01. The first-order chi connectivity index (χ1) is 13.3. The van der Waals surface area contributed by atoms with Crippen LogP contribution in [0.1, 0.15) is 20.8 Å². The first-order valence-electron chi connectivity index (χ1n) is 9.15. The van der Waals surface area contributed by atoms with Crippen molar-refractivity contribution >= 4 is 29.0 Å². The summed E-state index contributed by atoms with van der Waals surface area (Å²) in [6.45, 7) is 6.48. The van der Waals surface area contributed by atoms with Gasteiger partial charge in [-0.05, 0) is 57.2 Å². The highest BCUT2D eigenvalue weighted by atomic mass is 16.5. The predicted octanol–water partition coefficient (Wildman–Crippen LogP) is 4.11. The van der Waals surface area contributed by atoms with Crippen molar-refractivity contribution in [2.24, 2.45) is 5.41 Å². The third-order valence-electron chi connectivity index (χ3n) is 4.59. The van der Waals surface area contributed by atoms with Crippen LogP contribution in [0.2, 0.25) is 0 Å². The van der Waals surface area contributed by atoms with Crippen molar-refractivity contribution in [2.45, 2.75) is 20.8 Å². The average Bonchev–Trinajstić information content (AvgIpc) is 2.77. The van der Waals surface area contributed by atoms with Crippen molar-refractivity contribution in [3.8, 4) is 11.5 Å². The van der Waals surface area contributed by atoms with Gasteiger partial charge in [0.05, 0.1) is 18.2 Å². The van der Waals surface area contributed by atoms with Gasteiger partial charge in [-0.25, -0.2) is 4.79 Å². The third kappa shape index (κ3) is 4.03. The van der Waals surface area contributed by atoms with Crippen LogP contribution in [0.3, 0.4) is 0 Å². The minimum Gasteiger partial charge on any atom is -0.497 e. The van der Waals surface area contributed by atoms with Crippen molar-refractivity contribution in [1.82, 2.24) is 0 Å². The van der Waals surface area contributed by atoms with Crippen molar-refractivity contribution in [2.75, 3.05) is 35.8 Å². The number of nitrogens with one attached hydrogen (secondary N) is 2. The van der Waals surface area contributed by atoms with Crippen molar-refractivity contribution in [3.05, 3.63) is 42.5 Å². The van der Waals surface area contributed by atoms with E-state index in [2.05, 4.69) is 10.6 Å². The topological polar surface area (TPSA) is 79.9 Å². The van der Waals surface area contributed by atoms with Crippen LogP contribution >= 0.6 is 0 Å². The van der Waals surface area contributed by atoms with Gasteiger partial charge in [0.15, 0.2) is 0 Å². The summed E-state index contributed by atoms with van der Waals surface area (Å²) < 4.78 is 11.0. The minimum atomic E-state index is -0.617. The molecule has 1 aliphatic heterocycles. The molecule has 0 bridgehead atoms. The summed E-state index contributed by atoms with van der Waals surface area (Å²) in [5, 5.41) is 5.55. The van der Waals surface area contributed by atoms with Crippen LogP contribution in [0.25, 0.3) is 0 Å². The molecule has 2 aromatic rings. The molecule has 0 saturated heterocycles. The van der Waals surface area contributed by atoms with E-state index in [0.29, 0.717) is 35.1 Å². The number of amides is 3. The van der Waals surface area contributed by atoms with Gasteiger partial charge in [-0.2, -0.15) is 0 Å². The third-order valence-corrected chi connectivity index (χ3v) is 4.59. The molecule has 7 heteroatoms. The van der Waals surface area contributed by atoms with Crippen LogP contribution in [-0.2, 0) is 4.79 Å². The van der Waals surface area contributed by atoms with Gasteiger partial charge >= 0.3 is 6.03 Å². The zero-order chi connectivity index (χ0) is 20.3. The molecule has 0 unspecified atom stereocenters. The van der Waals surface area contributed by atoms with E-state index in [1.165, 1.54) is 0 Å². The molecule has 0 aromatic heterocycles.